The number of carbonyl (C=O) groups is 3. The average molecular weight is 244 g/mol. The summed E-state index contributed by atoms with van der Waals surface area (Å²) in [5.74, 6) is -0.944. The molecule has 0 fully saturated rings. The third kappa shape index (κ3) is 5.33. The maximum Gasteiger partial charge on any atom is 0.325 e. The second kappa shape index (κ2) is 6.88. The van der Waals surface area contributed by atoms with Gasteiger partial charge in [-0.25, -0.2) is 0 Å². The lowest BCUT2D eigenvalue weighted by atomic mass is 10.3. The number of carbonyl (C=O) groups excluding carboxylic acids is 3. The van der Waals surface area contributed by atoms with Crippen molar-refractivity contribution in [1.29, 1.82) is 0 Å². The van der Waals surface area contributed by atoms with Crippen LogP contribution in [-0.4, -0.2) is 60.9 Å². The van der Waals surface area contributed by atoms with Gasteiger partial charge in [-0.05, 0) is 13.8 Å². The monoisotopic (exact) mass is 244 g/mol. The summed E-state index contributed by atoms with van der Waals surface area (Å²) < 4.78 is 4.52. The molecule has 98 valence electrons. The van der Waals surface area contributed by atoms with Crippen LogP contribution in [0.1, 0.15) is 20.8 Å². The van der Waals surface area contributed by atoms with Crippen LogP contribution in [0.25, 0.3) is 0 Å². The first kappa shape index (κ1) is 15.4. The zero-order valence-corrected chi connectivity index (χ0v) is 11.0. The van der Waals surface area contributed by atoms with Gasteiger partial charge < -0.3 is 14.5 Å². The Morgan fingerprint density at radius 3 is 2.06 bits per heavy atom. The first-order valence-corrected chi connectivity index (χ1v) is 5.37. The van der Waals surface area contributed by atoms with Crippen molar-refractivity contribution in [2.75, 3.05) is 27.2 Å². The summed E-state index contributed by atoms with van der Waals surface area (Å²) >= 11 is 0. The van der Waals surface area contributed by atoms with E-state index in [1.54, 1.807) is 13.8 Å². The van der Waals surface area contributed by atoms with Gasteiger partial charge in [0, 0.05) is 20.0 Å². The van der Waals surface area contributed by atoms with Crippen LogP contribution in [0.2, 0.25) is 0 Å². The molecule has 0 atom stereocenters. The van der Waals surface area contributed by atoms with Gasteiger partial charge >= 0.3 is 5.97 Å². The largest absolute Gasteiger partial charge is 0.468 e. The Kier molecular flexibility index (Phi) is 6.23. The van der Waals surface area contributed by atoms with E-state index >= 15 is 0 Å². The summed E-state index contributed by atoms with van der Waals surface area (Å²) in [5.41, 5.74) is 0. The van der Waals surface area contributed by atoms with E-state index in [-0.39, 0.29) is 30.9 Å². The summed E-state index contributed by atoms with van der Waals surface area (Å²) in [7, 11) is 2.81. The fourth-order valence-electron chi connectivity index (χ4n) is 1.17. The smallest absolute Gasteiger partial charge is 0.325 e. The van der Waals surface area contributed by atoms with Crippen molar-refractivity contribution in [3.8, 4) is 0 Å². The maximum absolute atomic E-state index is 11.9. The number of ether oxygens (including phenoxy) is 1. The van der Waals surface area contributed by atoms with E-state index in [0.29, 0.717) is 0 Å². The first-order valence-electron chi connectivity index (χ1n) is 5.37. The van der Waals surface area contributed by atoms with Crippen LogP contribution in [-0.2, 0) is 19.1 Å². The Hall–Kier alpha value is -1.59. The van der Waals surface area contributed by atoms with E-state index in [1.807, 2.05) is 0 Å². The Bertz CT molecular complexity index is 302. The second-order valence-electron chi connectivity index (χ2n) is 4.07. The highest BCUT2D eigenvalue weighted by molar-refractivity contribution is 5.86. The Balaban J connectivity index is 4.55. The summed E-state index contributed by atoms with van der Waals surface area (Å²) in [4.78, 5) is 36.7. The minimum absolute atomic E-state index is 0.0372. The van der Waals surface area contributed by atoms with E-state index in [4.69, 9.17) is 0 Å². The van der Waals surface area contributed by atoms with Crippen molar-refractivity contribution < 1.29 is 19.1 Å². The molecule has 0 aromatic carbocycles. The van der Waals surface area contributed by atoms with Gasteiger partial charge in [0.2, 0.25) is 11.8 Å². The molecule has 0 spiro atoms. The van der Waals surface area contributed by atoms with E-state index in [0.717, 1.165) is 0 Å². The van der Waals surface area contributed by atoms with Crippen molar-refractivity contribution >= 4 is 17.8 Å². The van der Waals surface area contributed by atoms with Gasteiger partial charge in [-0.2, -0.15) is 0 Å². The lowest BCUT2D eigenvalue weighted by molar-refractivity contribution is -0.149. The van der Waals surface area contributed by atoms with E-state index < -0.39 is 5.97 Å². The van der Waals surface area contributed by atoms with Gasteiger partial charge in [-0.3, -0.25) is 14.4 Å². The molecule has 0 aromatic rings. The van der Waals surface area contributed by atoms with Gasteiger partial charge in [0.05, 0.1) is 13.7 Å². The number of hydrogen-bond donors (Lipinski definition) is 0. The van der Waals surface area contributed by atoms with Crippen LogP contribution in [0, 0.1) is 0 Å². The molecule has 0 aliphatic carbocycles. The molecule has 0 aliphatic rings. The van der Waals surface area contributed by atoms with E-state index in [9.17, 15) is 14.4 Å². The maximum atomic E-state index is 11.9. The standard InChI is InChI=1S/C11H20N2O4/c1-8(2)13(7-11(16)17-5)10(15)6-12(4)9(3)14/h8H,6-7H2,1-5H3. The van der Waals surface area contributed by atoms with Crippen molar-refractivity contribution in [2.45, 2.75) is 26.8 Å². The Labute approximate surface area is 102 Å². The van der Waals surface area contributed by atoms with Crippen molar-refractivity contribution in [3.63, 3.8) is 0 Å². The highest BCUT2D eigenvalue weighted by Crippen LogP contribution is 2.01. The number of nitrogens with zero attached hydrogens (tertiary/aromatic N) is 2. The molecule has 0 rings (SSSR count). The predicted molar refractivity (Wildman–Crippen MR) is 62.2 cm³/mol. The average Bonchev–Trinajstić information content (AvgIpc) is 2.24. The third-order valence-electron chi connectivity index (χ3n) is 2.38. The summed E-state index contributed by atoms with van der Waals surface area (Å²) in [6, 6.07) is -0.123. The van der Waals surface area contributed by atoms with Crippen LogP contribution in [0.15, 0.2) is 0 Å². The molecule has 0 saturated heterocycles. The number of likely N-dealkylation sites (N-methyl/N-ethyl adjacent to an activating group) is 1. The number of esters is 1. The van der Waals surface area contributed by atoms with Crippen molar-refractivity contribution in [2.24, 2.45) is 0 Å². The van der Waals surface area contributed by atoms with Gasteiger partial charge in [0.15, 0.2) is 0 Å². The zero-order chi connectivity index (χ0) is 13.6. The van der Waals surface area contributed by atoms with Crippen molar-refractivity contribution in [3.05, 3.63) is 0 Å². The number of methoxy groups -OCH3 is 1. The third-order valence-corrected chi connectivity index (χ3v) is 2.38. The van der Waals surface area contributed by atoms with Crippen molar-refractivity contribution in [1.82, 2.24) is 9.80 Å². The highest BCUT2D eigenvalue weighted by atomic mass is 16.5. The summed E-state index contributed by atoms with van der Waals surface area (Å²) in [6.45, 7) is 4.85. The van der Waals surface area contributed by atoms with Crippen LogP contribution in [0.4, 0.5) is 0 Å². The molecule has 2 amide bonds. The minimum Gasteiger partial charge on any atom is -0.468 e. The summed E-state index contributed by atoms with van der Waals surface area (Å²) in [5, 5.41) is 0. The number of hydrogen-bond acceptors (Lipinski definition) is 4. The normalized spacial score (nSPS) is 10.0. The molecule has 0 aliphatic heterocycles. The topological polar surface area (TPSA) is 66.9 Å². The molecule has 0 saturated carbocycles. The van der Waals surface area contributed by atoms with Crippen LogP contribution >= 0.6 is 0 Å². The van der Waals surface area contributed by atoms with Crippen LogP contribution < -0.4 is 0 Å². The van der Waals surface area contributed by atoms with Gasteiger partial charge in [-0.1, -0.05) is 0 Å². The molecular formula is C11H20N2O4. The fraction of sp³-hybridized carbons (Fsp3) is 0.727. The molecule has 0 N–H and O–H groups in total. The predicted octanol–water partition coefficient (Wildman–Crippen LogP) is -0.125. The molecule has 6 heteroatoms. The highest BCUT2D eigenvalue weighted by Gasteiger charge is 2.22. The summed E-state index contributed by atoms with van der Waals surface area (Å²) in [6.07, 6.45) is 0. The minimum atomic E-state index is -0.475. The number of amides is 2. The first-order chi connectivity index (χ1) is 7.79. The van der Waals surface area contributed by atoms with Crippen LogP contribution in [0.5, 0.6) is 0 Å². The molecule has 0 aromatic heterocycles. The molecular weight excluding hydrogens is 224 g/mol. The molecule has 0 unspecified atom stereocenters. The van der Waals surface area contributed by atoms with E-state index in [1.165, 1.54) is 30.9 Å². The molecule has 0 heterocycles. The Morgan fingerprint density at radius 2 is 1.71 bits per heavy atom. The van der Waals surface area contributed by atoms with Crippen LogP contribution in [0.3, 0.4) is 0 Å². The van der Waals surface area contributed by atoms with Gasteiger partial charge in [0.1, 0.15) is 6.54 Å². The second-order valence-corrected chi connectivity index (χ2v) is 4.07. The molecule has 17 heavy (non-hydrogen) atoms. The SMILES string of the molecule is COC(=O)CN(C(=O)CN(C)C(C)=O)C(C)C. The lowest BCUT2D eigenvalue weighted by Crippen LogP contribution is -2.46. The van der Waals surface area contributed by atoms with E-state index in [2.05, 4.69) is 4.74 Å². The molecule has 6 nitrogen and oxygen atoms in total. The van der Waals surface area contributed by atoms with Gasteiger partial charge in [-0.15, -0.1) is 0 Å². The van der Waals surface area contributed by atoms with Gasteiger partial charge in [0.25, 0.3) is 0 Å². The Morgan fingerprint density at radius 1 is 1.18 bits per heavy atom. The fourth-order valence-corrected chi connectivity index (χ4v) is 1.17. The molecule has 0 radical (unpaired) electrons. The molecule has 0 bridgehead atoms. The number of rotatable bonds is 5. The quantitative estimate of drug-likeness (QED) is 0.632. The zero-order valence-electron chi connectivity index (χ0n) is 11.0. The lowest BCUT2D eigenvalue weighted by Gasteiger charge is -2.27.